The summed E-state index contributed by atoms with van der Waals surface area (Å²) in [6.45, 7) is 3.88. The molecule has 0 N–H and O–H groups in total. The van der Waals surface area contributed by atoms with Crippen LogP contribution in [0.2, 0.25) is 0 Å². The van der Waals surface area contributed by atoms with Crippen LogP contribution in [0, 0.1) is 6.92 Å². The Morgan fingerprint density at radius 2 is 1.68 bits per heavy atom. The summed E-state index contributed by atoms with van der Waals surface area (Å²) in [4.78, 5) is 14.1. The molecule has 4 heteroatoms. The zero-order valence-corrected chi connectivity index (χ0v) is 13.8. The minimum Gasteiger partial charge on any atom is -0.461 e. The third kappa shape index (κ3) is 5.51. The van der Waals surface area contributed by atoms with Gasteiger partial charge in [0.25, 0.3) is 0 Å². The van der Waals surface area contributed by atoms with Crippen molar-refractivity contribution in [3.8, 4) is 0 Å². The van der Waals surface area contributed by atoms with Gasteiger partial charge < -0.3 is 4.74 Å². The molecule has 0 aliphatic rings. The molecule has 0 radical (unpaired) electrons. The zero-order chi connectivity index (χ0) is 15.1. The maximum Gasteiger partial charge on any atom is 0.338 e. The normalized spacial score (nSPS) is 10.1. The van der Waals surface area contributed by atoms with E-state index in [0.717, 1.165) is 12.1 Å². The highest BCUT2D eigenvalue weighted by molar-refractivity contribution is 5.90. The smallest absolute Gasteiger partial charge is 0.338 e. The number of carbonyl (C=O) groups is 1. The molecule has 0 amide bonds. The van der Waals surface area contributed by atoms with Gasteiger partial charge in [0.2, 0.25) is 0 Å². The van der Waals surface area contributed by atoms with Crippen molar-refractivity contribution in [2.75, 3.05) is 20.2 Å². The van der Waals surface area contributed by atoms with E-state index in [2.05, 4.69) is 17.0 Å². The van der Waals surface area contributed by atoms with E-state index >= 15 is 0 Å². The quantitative estimate of drug-likeness (QED) is 0.760. The Hall–Kier alpha value is -1.84. The van der Waals surface area contributed by atoms with Crippen molar-refractivity contribution in [1.29, 1.82) is 0 Å². The molecule has 0 aliphatic carbocycles. The van der Waals surface area contributed by atoms with Gasteiger partial charge in [0.1, 0.15) is 6.61 Å². The van der Waals surface area contributed by atoms with Gasteiger partial charge in [-0.1, -0.05) is 48.5 Å². The number of aryl methyl sites for hydroxylation is 1. The second-order valence-electron chi connectivity index (χ2n) is 5.17. The molecule has 0 spiro atoms. The van der Waals surface area contributed by atoms with Crippen LogP contribution in [0.5, 0.6) is 0 Å². The van der Waals surface area contributed by atoms with E-state index in [9.17, 15) is 4.79 Å². The van der Waals surface area contributed by atoms with E-state index in [1.54, 1.807) is 6.07 Å². The van der Waals surface area contributed by atoms with Crippen molar-refractivity contribution in [2.45, 2.75) is 13.5 Å². The minimum absolute atomic E-state index is 0. The van der Waals surface area contributed by atoms with E-state index in [-0.39, 0.29) is 18.4 Å². The molecule has 0 aromatic heterocycles. The first kappa shape index (κ1) is 18.2. The number of rotatable bonds is 6. The monoisotopic (exact) mass is 319 g/mol. The van der Waals surface area contributed by atoms with Crippen LogP contribution >= 0.6 is 12.4 Å². The van der Waals surface area contributed by atoms with E-state index in [4.69, 9.17) is 4.74 Å². The second-order valence-corrected chi connectivity index (χ2v) is 5.17. The fourth-order valence-corrected chi connectivity index (χ4v) is 2.15. The molecular formula is C18H22ClNO2. The standard InChI is InChI=1S/C18H21NO2.ClH/c1-15-8-6-7-11-17(15)18(20)21-13-12-19(2)14-16-9-4-3-5-10-16;/h3-11H,12-14H2,1-2H3;1H. The van der Waals surface area contributed by atoms with Crippen molar-refractivity contribution >= 4 is 18.4 Å². The topological polar surface area (TPSA) is 29.5 Å². The maximum absolute atomic E-state index is 12.0. The predicted molar refractivity (Wildman–Crippen MR) is 91.5 cm³/mol. The summed E-state index contributed by atoms with van der Waals surface area (Å²) in [5.74, 6) is -0.249. The molecule has 3 nitrogen and oxygen atoms in total. The first-order chi connectivity index (χ1) is 10.2. The highest BCUT2D eigenvalue weighted by Crippen LogP contribution is 2.08. The number of halogens is 1. The summed E-state index contributed by atoms with van der Waals surface area (Å²) in [6.07, 6.45) is 0. The lowest BCUT2D eigenvalue weighted by molar-refractivity contribution is 0.0470. The number of hydrogen-bond acceptors (Lipinski definition) is 3. The lowest BCUT2D eigenvalue weighted by atomic mass is 10.1. The zero-order valence-electron chi connectivity index (χ0n) is 13.0. The lowest BCUT2D eigenvalue weighted by Crippen LogP contribution is -2.24. The Bertz CT molecular complexity index is 587. The summed E-state index contributed by atoms with van der Waals surface area (Å²) < 4.78 is 5.34. The summed E-state index contributed by atoms with van der Waals surface area (Å²) >= 11 is 0. The molecule has 2 aromatic rings. The molecule has 2 aromatic carbocycles. The van der Waals surface area contributed by atoms with E-state index in [1.165, 1.54) is 5.56 Å². The summed E-state index contributed by atoms with van der Waals surface area (Å²) in [5.41, 5.74) is 2.84. The average molecular weight is 320 g/mol. The third-order valence-corrected chi connectivity index (χ3v) is 3.37. The fraction of sp³-hybridized carbons (Fsp3) is 0.278. The third-order valence-electron chi connectivity index (χ3n) is 3.37. The SMILES string of the molecule is Cc1ccccc1C(=O)OCCN(C)Cc1ccccc1.Cl. The summed E-state index contributed by atoms with van der Waals surface area (Å²) in [7, 11) is 2.02. The van der Waals surface area contributed by atoms with Crippen molar-refractivity contribution in [3.63, 3.8) is 0 Å². The highest BCUT2D eigenvalue weighted by atomic mass is 35.5. The first-order valence-electron chi connectivity index (χ1n) is 7.12. The molecule has 0 atom stereocenters. The van der Waals surface area contributed by atoms with Crippen molar-refractivity contribution in [3.05, 3.63) is 71.3 Å². The molecule has 118 valence electrons. The molecular weight excluding hydrogens is 298 g/mol. The van der Waals surface area contributed by atoms with Gasteiger partial charge in [-0.2, -0.15) is 0 Å². The summed E-state index contributed by atoms with van der Waals surface area (Å²) in [6, 6.07) is 17.7. The molecule has 0 heterocycles. The highest BCUT2D eigenvalue weighted by Gasteiger charge is 2.09. The maximum atomic E-state index is 12.0. The fourth-order valence-electron chi connectivity index (χ4n) is 2.15. The van der Waals surface area contributed by atoms with Crippen molar-refractivity contribution in [1.82, 2.24) is 4.90 Å². The molecule has 0 unspecified atom stereocenters. The second kappa shape index (κ2) is 9.23. The lowest BCUT2D eigenvalue weighted by Gasteiger charge is -2.16. The van der Waals surface area contributed by atoms with Gasteiger partial charge in [-0.15, -0.1) is 12.4 Å². The Balaban J connectivity index is 0.00000242. The molecule has 0 aliphatic heterocycles. The van der Waals surface area contributed by atoms with Gasteiger partial charge in [-0.3, -0.25) is 4.90 Å². The van der Waals surface area contributed by atoms with Crippen LogP contribution < -0.4 is 0 Å². The molecule has 22 heavy (non-hydrogen) atoms. The Kier molecular flexibility index (Phi) is 7.64. The van der Waals surface area contributed by atoms with Gasteiger partial charge in [0.15, 0.2) is 0 Å². The van der Waals surface area contributed by atoms with Crippen molar-refractivity contribution in [2.24, 2.45) is 0 Å². The number of hydrogen-bond donors (Lipinski definition) is 0. The largest absolute Gasteiger partial charge is 0.461 e. The molecule has 2 rings (SSSR count). The Morgan fingerprint density at radius 1 is 1.05 bits per heavy atom. The van der Waals surface area contributed by atoms with Crippen LogP contribution in [0.3, 0.4) is 0 Å². The predicted octanol–water partition coefficient (Wildman–Crippen LogP) is 3.71. The first-order valence-corrected chi connectivity index (χ1v) is 7.12. The van der Waals surface area contributed by atoms with Gasteiger partial charge in [-0.05, 0) is 31.2 Å². The van der Waals surface area contributed by atoms with E-state index in [0.29, 0.717) is 18.7 Å². The van der Waals surface area contributed by atoms with Crippen LogP contribution in [0.25, 0.3) is 0 Å². The van der Waals surface area contributed by atoms with Crippen LogP contribution in [0.1, 0.15) is 21.5 Å². The number of carbonyl (C=O) groups excluding carboxylic acids is 1. The number of likely N-dealkylation sites (N-methyl/N-ethyl adjacent to an activating group) is 1. The van der Waals surface area contributed by atoms with Crippen LogP contribution in [0.4, 0.5) is 0 Å². The van der Waals surface area contributed by atoms with Gasteiger partial charge in [-0.25, -0.2) is 4.79 Å². The molecule has 0 saturated carbocycles. The molecule has 0 saturated heterocycles. The molecule has 0 fully saturated rings. The number of nitrogens with zero attached hydrogens (tertiary/aromatic N) is 1. The van der Waals surface area contributed by atoms with E-state index < -0.39 is 0 Å². The van der Waals surface area contributed by atoms with Gasteiger partial charge in [0.05, 0.1) is 5.56 Å². The Morgan fingerprint density at radius 3 is 2.36 bits per heavy atom. The van der Waals surface area contributed by atoms with Gasteiger partial charge in [0, 0.05) is 13.1 Å². The average Bonchev–Trinajstić information content (AvgIpc) is 2.48. The number of benzene rings is 2. The number of esters is 1. The Labute approximate surface area is 138 Å². The number of ether oxygens (including phenoxy) is 1. The minimum atomic E-state index is -0.249. The van der Waals surface area contributed by atoms with E-state index in [1.807, 2.05) is 50.4 Å². The van der Waals surface area contributed by atoms with Crippen LogP contribution in [0.15, 0.2) is 54.6 Å². The van der Waals surface area contributed by atoms with Crippen LogP contribution in [-0.2, 0) is 11.3 Å². The molecule has 0 bridgehead atoms. The van der Waals surface area contributed by atoms with Gasteiger partial charge >= 0.3 is 5.97 Å². The van der Waals surface area contributed by atoms with Crippen molar-refractivity contribution < 1.29 is 9.53 Å². The van der Waals surface area contributed by atoms with Crippen LogP contribution in [-0.4, -0.2) is 31.1 Å². The summed E-state index contributed by atoms with van der Waals surface area (Å²) in [5, 5.41) is 0.